The Morgan fingerprint density at radius 3 is 2.71 bits per heavy atom. The molecule has 14 heavy (non-hydrogen) atoms. The Labute approximate surface area is 82.6 Å². The highest BCUT2D eigenvalue weighted by Crippen LogP contribution is 2.21. The van der Waals surface area contributed by atoms with Gasteiger partial charge in [0.1, 0.15) is 5.69 Å². The van der Waals surface area contributed by atoms with Crippen molar-refractivity contribution in [2.24, 2.45) is 0 Å². The molecule has 0 amide bonds. The molecule has 0 aromatic carbocycles. The number of nitrogens with zero attached hydrogens (tertiary/aromatic N) is 2. The summed E-state index contributed by atoms with van der Waals surface area (Å²) in [5.41, 5.74) is 9.14. The first-order valence-electron chi connectivity index (χ1n) is 4.41. The van der Waals surface area contributed by atoms with Gasteiger partial charge in [-0.25, -0.2) is 0 Å². The zero-order valence-electron chi connectivity index (χ0n) is 7.94. The normalized spacial score (nSPS) is 10.1. The largest absolute Gasteiger partial charge is 0.397 e. The van der Waals surface area contributed by atoms with Crippen LogP contribution >= 0.6 is 0 Å². The van der Waals surface area contributed by atoms with Crippen molar-refractivity contribution in [3.05, 3.63) is 42.2 Å². The van der Waals surface area contributed by atoms with E-state index in [1.54, 1.807) is 12.4 Å². The predicted molar refractivity (Wildman–Crippen MR) is 56.6 cm³/mol. The van der Waals surface area contributed by atoms with E-state index in [0.717, 1.165) is 17.0 Å². The topological polar surface area (TPSA) is 51.8 Å². The number of nitrogen functional groups attached to an aromatic ring is 1. The van der Waals surface area contributed by atoms with Gasteiger partial charge in [0, 0.05) is 12.4 Å². The Kier molecular flexibility index (Phi) is 2.14. The molecule has 0 aliphatic heterocycles. The molecule has 2 aromatic heterocycles. The lowest BCUT2D eigenvalue weighted by atomic mass is 10.2. The van der Waals surface area contributed by atoms with Crippen molar-refractivity contribution in [2.75, 3.05) is 5.73 Å². The minimum absolute atomic E-state index is 0.670. The van der Waals surface area contributed by atoms with Gasteiger partial charge in [0.2, 0.25) is 0 Å². The summed E-state index contributed by atoms with van der Waals surface area (Å²) in [4.78, 5) is 8.46. The third-order valence-corrected chi connectivity index (χ3v) is 1.96. The number of aryl methyl sites for hydroxylation is 1. The Hall–Kier alpha value is -1.90. The molecule has 0 bridgehead atoms. The van der Waals surface area contributed by atoms with Crippen LogP contribution in [0.15, 0.2) is 36.7 Å². The molecule has 2 heterocycles. The average Bonchev–Trinajstić information content (AvgIpc) is 2.19. The van der Waals surface area contributed by atoms with Crippen LogP contribution in [0.4, 0.5) is 5.69 Å². The fourth-order valence-electron chi connectivity index (χ4n) is 1.31. The molecule has 0 saturated heterocycles. The molecule has 2 N–H and O–H groups in total. The Balaban J connectivity index is 2.53. The average molecular weight is 185 g/mol. The number of aromatic nitrogens is 2. The number of nitrogens with two attached hydrogens (primary N) is 1. The number of rotatable bonds is 1. The number of hydrogen-bond donors (Lipinski definition) is 1. The van der Waals surface area contributed by atoms with Gasteiger partial charge in [0.05, 0.1) is 11.4 Å². The van der Waals surface area contributed by atoms with Crippen molar-refractivity contribution in [3.8, 4) is 11.4 Å². The van der Waals surface area contributed by atoms with Crippen LogP contribution in [0.2, 0.25) is 0 Å². The first-order chi connectivity index (χ1) is 6.77. The number of hydrogen-bond acceptors (Lipinski definition) is 3. The zero-order chi connectivity index (χ0) is 9.97. The summed E-state index contributed by atoms with van der Waals surface area (Å²) in [5, 5.41) is 0. The van der Waals surface area contributed by atoms with Gasteiger partial charge in [-0.3, -0.25) is 9.97 Å². The van der Waals surface area contributed by atoms with E-state index in [4.69, 9.17) is 5.73 Å². The van der Waals surface area contributed by atoms with E-state index in [9.17, 15) is 0 Å². The Morgan fingerprint density at radius 2 is 2.07 bits per heavy atom. The van der Waals surface area contributed by atoms with Gasteiger partial charge in [0.25, 0.3) is 0 Å². The molecular weight excluding hydrogens is 174 g/mol. The molecule has 3 heteroatoms. The fourth-order valence-corrected chi connectivity index (χ4v) is 1.31. The van der Waals surface area contributed by atoms with Crippen LogP contribution in [0.25, 0.3) is 11.4 Å². The van der Waals surface area contributed by atoms with Gasteiger partial charge in [-0.2, -0.15) is 0 Å². The Morgan fingerprint density at radius 1 is 1.21 bits per heavy atom. The molecule has 0 fully saturated rings. The maximum Gasteiger partial charge on any atom is 0.111 e. The van der Waals surface area contributed by atoms with E-state index in [1.807, 2.05) is 31.2 Å². The van der Waals surface area contributed by atoms with Crippen molar-refractivity contribution in [1.82, 2.24) is 9.97 Å². The first kappa shape index (κ1) is 8.69. The van der Waals surface area contributed by atoms with Crippen molar-refractivity contribution in [1.29, 1.82) is 0 Å². The maximum absolute atomic E-state index is 5.85. The summed E-state index contributed by atoms with van der Waals surface area (Å²) < 4.78 is 0. The summed E-state index contributed by atoms with van der Waals surface area (Å²) in [6.07, 6.45) is 3.52. The van der Waals surface area contributed by atoms with E-state index in [-0.39, 0.29) is 0 Å². The lowest BCUT2D eigenvalue weighted by molar-refractivity contribution is 1.22. The van der Waals surface area contributed by atoms with Crippen LogP contribution in [0.3, 0.4) is 0 Å². The summed E-state index contributed by atoms with van der Waals surface area (Å²) in [6, 6.07) is 7.59. The lowest BCUT2D eigenvalue weighted by Crippen LogP contribution is -1.95. The lowest BCUT2D eigenvalue weighted by Gasteiger charge is -2.03. The molecule has 0 saturated carbocycles. The third kappa shape index (κ3) is 1.57. The van der Waals surface area contributed by atoms with Gasteiger partial charge in [0.15, 0.2) is 0 Å². The van der Waals surface area contributed by atoms with Gasteiger partial charge >= 0.3 is 0 Å². The highest BCUT2D eigenvalue weighted by Gasteiger charge is 2.04. The van der Waals surface area contributed by atoms with E-state index in [0.29, 0.717) is 5.69 Å². The predicted octanol–water partition coefficient (Wildman–Crippen LogP) is 2.03. The Bertz CT molecular complexity index is 438. The monoisotopic (exact) mass is 185 g/mol. The van der Waals surface area contributed by atoms with Gasteiger partial charge < -0.3 is 5.73 Å². The van der Waals surface area contributed by atoms with Crippen molar-refractivity contribution in [2.45, 2.75) is 6.92 Å². The van der Waals surface area contributed by atoms with Gasteiger partial charge in [-0.15, -0.1) is 0 Å². The quantitative estimate of drug-likeness (QED) is 0.739. The van der Waals surface area contributed by atoms with Gasteiger partial charge in [-0.1, -0.05) is 6.07 Å². The van der Waals surface area contributed by atoms with Crippen LogP contribution in [0.1, 0.15) is 5.56 Å². The summed E-state index contributed by atoms with van der Waals surface area (Å²) in [7, 11) is 0. The molecule has 0 unspecified atom stereocenters. The highest BCUT2D eigenvalue weighted by molar-refractivity contribution is 5.69. The summed E-state index contributed by atoms with van der Waals surface area (Å²) in [5.74, 6) is 0. The second-order valence-corrected chi connectivity index (χ2v) is 3.17. The molecule has 0 spiro atoms. The molecule has 0 aliphatic carbocycles. The summed E-state index contributed by atoms with van der Waals surface area (Å²) >= 11 is 0. The smallest absolute Gasteiger partial charge is 0.111 e. The van der Waals surface area contributed by atoms with Crippen LogP contribution < -0.4 is 5.73 Å². The standard InChI is InChI=1S/C11H11N3/c1-8-6-9(12)11(14-7-8)10-4-2-3-5-13-10/h2-7H,12H2,1H3. The van der Waals surface area contributed by atoms with Crippen LogP contribution in [-0.4, -0.2) is 9.97 Å². The van der Waals surface area contributed by atoms with E-state index < -0.39 is 0 Å². The van der Waals surface area contributed by atoms with Crippen LogP contribution in [0, 0.1) is 6.92 Å². The van der Waals surface area contributed by atoms with Crippen LogP contribution in [-0.2, 0) is 0 Å². The van der Waals surface area contributed by atoms with Gasteiger partial charge in [-0.05, 0) is 30.7 Å². The first-order valence-corrected chi connectivity index (χ1v) is 4.41. The minimum Gasteiger partial charge on any atom is -0.397 e. The van der Waals surface area contributed by atoms with Crippen molar-refractivity contribution >= 4 is 5.69 Å². The van der Waals surface area contributed by atoms with Crippen molar-refractivity contribution < 1.29 is 0 Å². The zero-order valence-corrected chi connectivity index (χ0v) is 7.94. The second-order valence-electron chi connectivity index (χ2n) is 3.17. The molecule has 0 aliphatic rings. The molecule has 0 radical (unpaired) electrons. The molecule has 70 valence electrons. The van der Waals surface area contributed by atoms with Crippen LogP contribution in [0.5, 0.6) is 0 Å². The number of anilines is 1. The fraction of sp³-hybridized carbons (Fsp3) is 0.0909. The molecule has 3 nitrogen and oxygen atoms in total. The molecule has 2 aromatic rings. The number of pyridine rings is 2. The van der Waals surface area contributed by atoms with E-state index >= 15 is 0 Å². The van der Waals surface area contributed by atoms with Crippen molar-refractivity contribution in [3.63, 3.8) is 0 Å². The molecule has 2 rings (SSSR count). The van der Waals surface area contributed by atoms with E-state index in [2.05, 4.69) is 9.97 Å². The maximum atomic E-state index is 5.85. The SMILES string of the molecule is Cc1cnc(-c2ccccn2)c(N)c1. The molecular formula is C11H11N3. The second kappa shape index (κ2) is 3.46. The van der Waals surface area contributed by atoms with E-state index in [1.165, 1.54) is 0 Å². The highest BCUT2D eigenvalue weighted by atomic mass is 14.8. The summed E-state index contributed by atoms with van der Waals surface area (Å²) in [6.45, 7) is 1.96. The minimum atomic E-state index is 0.670. The molecule has 0 atom stereocenters. The third-order valence-electron chi connectivity index (χ3n) is 1.96.